The summed E-state index contributed by atoms with van der Waals surface area (Å²) in [5.74, 6) is -0.226. The second kappa shape index (κ2) is 8.97. The van der Waals surface area contributed by atoms with Gasteiger partial charge in [0.15, 0.2) is 12.4 Å². The van der Waals surface area contributed by atoms with E-state index in [9.17, 15) is 9.59 Å². The number of amides is 1. The molecule has 0 aliphatic carbocycles. The van der Waals surface area contributed by atoms with Crippen molar-refractivity contribution < 1.29 is 14.2 Å². The molecular weight excluding hydrogens is 372 g/mol. The molecular formula is C26H21N2O2+. The Kier molecular flexibility index (Phi) is 5.76. The van der Waals surface area contributed by atoms with E-state index >= 15 is 0 Å². The molecule has 0 spiro atoms. The van der Waals surface area contributed by atoms with Crippen molar-refractivity contribution in [2.24, 2.45) is 0 Å². The highest BCUT2D eigenvalue weighted by Crippen LogP contribution is 2.19. The second-order valence-electron chi connectivity index (χ2n) is 6.95. The fourth-order valence-corrected chi connectivity index (χ4v) is 3.22. The highest BCUT2D eigenvalue weighted by Gasteiger charge is 2.15. The molecule has 0 unspecified atom stereocenters. The Bertz CT molecular complexity index is 1150. The number of anilines is 1. The van der Waals surface area contributed by atoms with Crippen LogP contribution >= 0.6 is 0 Å². The molecule has 30 heavy (non-hydrogen) atoms. The average Bonchev–Trinajstić information content (AvgIpc) is 2.80. The van der Waals surface area contributed by atoms with Gasteiger partial charge in [0.25, 0.3) is 5.91 Å². The lowest BCUT2D eigenvalue weighted by Gasteiger charge is -2.05. The Morgan fingerprint density at radius 2 is 1.30 bits per heavy atom. The largest absolute Gasteiger partial charge is 0.322 e. The predicted octanol–water partition coefficient (Wildman–Crippen LogP) is 4.78. The molecule has 3 aromatic carbocycles. The molecule has 4 nitrogen and oxygen atoms in total. The molecule has 4 aromatic rings. The van der Waals surface area contributed by atoms with E-state index in [2.05, 4.69) is 5.32 Å². The molecule has 0 aliphatic rings. The van der Waals surface area contributed by atoms with Gasteiger partial charge < -0.3 is 5.32 Å². The van der Waals surface area contributed by atoms with Crippen molar-refractivity contribution in [1.82, 2.24) is 0 Å². The van der Waals surface area contributed by atoms with Gasteiger partial charge in [-0.05, 0) is 29.3 Å². The Morgan fingerprint density at radius 3 is 2.00 bits per heavy atom. The molecule has 0 saturated carbocycles. The van der Waals surface area contributed by atoms with Gasteiger partial charge in [-0.2, -0.15) is 4.57 Å². The van der Waals surface area contributed by atoms with E-state index in [1.165, 1.54) is 0 Å². The van der Waals surface area contributed by atoms with Crippen molar-refractivity contribution >= 4 is 17.4 Å². The monoisotopic (exact) mass is 393 g/mol. The maximum absolute atomic E-state index is 12.7. The first kappa shape index (κ1) is 19.3. The summed E-state index contributed by atoms with van der Waals surface area (Å²) in [6.07, 6.45) is 3.48. The Balaban J connectivity index is 1.44. The van der Waals surface area contributed by atoms with E-state index < -0.39 is 0 Å². The summed E-state index contributed by atoms with van der Waals surface area (Å²) in [5.41, 5.74) is 4.05. The van der Waals surface area contributed by atoms with Crippen molar-refractivity contribution in [2.75, 3.05) is 5.32 Å². The quantitative estimate of drug-likeness (QED) is 0.379. The first-order valence-corrected chi connectivity index (χ1v) is 9.73. The number of hydrogen-bond donors (Lipinski definition) is 1. The van der Waals surface area contributed by atoms with Crippen LogP contribution < -0.4 is 9.88 Å². The summed E-state index contributed by atoms with van der Waals surface area (Å²) >= 11 is 0. The average molecular weight is 393 g/mol. The fraction of sp³-hybridized carbons (Fsp3) is 0.0385. The minimum Gasteiger partial charge on any atom is -0.322 e. The fourth-order valence-electron chi connectivity index (χ4n) is 3.22. The second-order valence-corrected chi connectivity index (χ2v) is 6.95. The lowest BCUT2D eigenvalue weighted by atomic mass is 10.0. The maximum atomic E-state index is 12.7. The molecule has 1 amide bonds. The van der Waals surface area contributed by atoms with Gasteiger partial charge in [0.05, 0.1) is 0 Å². The molecule has 1 heterocycles. The van der Waals surface area contributed by atoms with Crippen LogP contribution in [0.25, 0.3) is 11.1 Å². The third-order valence-corrected chi connectivity index (χ3v) is 4.79. The van der Waals surface area contributed by atoms with Gasteiger partial charge in [-0.25, -0.2) is 0 Å². The van der Waals surface area contributed by atoms with Crippen LogP contribution in [0.4, 0.5) is 5.69 Å². The molecule has 0 atom stereocenters. The molecule has 0 aliphatic heterocycles. The SMILES string of the molecule is O=C(C[n+]1cccc(C(=O)Nc2ccccc2)c1)c1ccc(-c2ccccc2)cc1. The van der Waals surface area contributed by atoms with Crippen LogP contribution in [0.2, 0.25) is 0 Å². The summed E-state index contributed by atoms with van der Waals surface area (Å²) in [5, 5.41) is 2.86. The van der Waals surface area contributed by atoms with Crippen molar-refractivity contribution in [3.05, 3.63) is 121 Å². The van der Waals surface area contributed by atoms with Gasteiger partial charge in [0.2, 0.25) is 12.3 Å². The number of para-hydroxylation sites is 1. The van der Waals surface area contributed by atoms with Crippen LogP contribution in [0, 0.1) is 0 Å². The smallest absolute Gasteiger partial charge is 0.261 e. The molecule has 1 N–H and O–H groups in total. The number of benzene rings is 3. The third-order valence-electron chi connectivity index (χ3n) is 4.79. The molecule has 146 valence electrons. The van der Waals surface area contributed by atoms with E-state index in [4.69, 9.17) is 0 Å². The number of carbonyl (C=O) groups excluding carboxylic acids is 2. The highest BCUT2D eigenvalue weighted by atomic mass is 16.1. The first-order valence-electron chi connectivity index (χ1n) is 9.73. The van der Waals surface area contributed by atoms with Crippen molar-refractivity contribution in [3.63, 3.8) is 0 Å². The highest BCUT2D eigenvalue weighted by molar-refractivity contribution is 6.03. The van der Waals surface area contributed by atoms with Crippen LogP contribution in [-0.2, 0) is 6.54 Å². The van der Waals surface area contributed by atoms with Crippen LogP contribution in [0.1, 0.15) is 20.7 Å². The van der Waals surface area contributed by atoms with Gasteiger partial charge in [-0.3, -0.25) is 9.59 Å². The minimum atomic E-state index is -0.213. The molecule has 0 bridgehead atoms. The van der Waals surface area contributed by atoms with Crippen LogP contribution in [-0.4, -0.2) is 11.7 Å². The Hall–Kier alpha value is -4.05. The third kappa shape index (κ3) is 4.67. The molecule has 0 fully saturated rings. The number of pyridine rings is 1. The van der Waals surface area contributed by atoms with E-state index in [1.54, 1.807) is 29.1 Å². The maximum Gasteiger partial charge on any atom is 0.261 e. The van der Waals surface area contributed by atoms with Crippen molar-refractivity contribution in [1.29, 1.82) is 0 Å². The summed E-state index contributed by atoms with van der Waals surface area (Å²) in [4.78, 5) is 25.2. The van der Waals surface area contributed by atoms with Gasteiger partial charge >= 0.3 is 0 Å². The minimum absolute atomic E-state index is 0.0137. The van der Waals surface area contributed by atoms with E-state index in [-0.39, 0.29) is 18.2 Å². The molecule has 4 heteroatoms. The Morgan fingerprint density at radius 1 is 0.667 bits per heavy atom. The number of nitrogens with zero attached hydrogens (tertiary/aromatic N) is 1. The molecule has 0 radical (unpaired) electrons. The van der Waals surface area contributed by atoms with E-state index in [1.807, 2.05) is 84.9 Å². The number of aromatic nitrogens is 1. The molecule has 0 saturated heterocycles. The number of rotatable bonds is 6. The van der Waals surface area contributed by atoms with Gasteiger partial charge in [0.1, 0.15) is 5.56 Å². The number of Topliss-reactive ketones (excluding diaryl/α,β-unsaturated/α-hetero) is 1. The van der Waals surface area contributed by atoms with Gasteiger partial charge in [-0.1, -0.05) is 72.8 Å². The number of carbonyl (C=O) groups is 2. The lowest BCUT2D eigenvalue weighted by molar-refractivity contribution is -0.683. The normalized spacial score (nSPS) is 10.4. The molecule has 4 rings (SSSR count). The van der Waals surface area contributed by atoms with E-state index in [0.717, 1.165) is 16.8 Å². The van der Waals surface area contributed by atoms with E-state index in [0.29, 0.717) is 11.1 Å². The summed E-state index contributed by atoms with van der Waals surface area (Å²) in [7, 11) is 0. The lowest BCUT2D eigenvalue weighted by Crippen LogP contribution is -2.38. The number of ketones is 1. The van der Waals surface area contributed by atoms with Gasteiger partial charge in [0, 0.05) is 17.3 Å². The molecule has 1 aromatic heterocycles. The zero-order valence-corrected chi connectivity index (χ0v) is 16.4. The standard InChI is InChI=1S/C26H20N2O2/c29-25(22-15-13-21(14-16-22)20-8-3-1-4-9-20)19-28-17-7-10-23(18-28)26(30)27-24-11-5-2-6-12-24/h1-18H,19H2/p+1. The topological polar surface area (TPSA) is 50.0 Å². The van der Waals surface area contributed by atoms with Crippen LogP contribution in [0.15, 0.2) is 109 Å². The zero-order valence-electron chi connectivity index (χ0n) is 16.4. The Labute approximate surface area is 175 Å². The number of hydrogen-bond acceptors (Lipinski definition) is 2. The van der Waals surface area contributed by atoms with Gasteiger partial charge in [-0.15, -0.1) is 0 Å². The first-order chi connectivity index (χ1) is 14.7. The zero-order chi connectivity index (χ0) is 20.8. The summed E-state index contributed by atoms with van der Waals surface area (Å²) in [6.45, 7) is 0.164. The van der Waals surface area contributed by atoms with Crippen molar-refractivity contribution in [3.8, 4) is 11.1 Å². The van der Waals surface area contributed by atoms with Crippen LogP contribution in [0.5, 0.6) is 0 Å². The van der Waals surface area contributed by atoms with Crippen LogP contribution in [0.3, 0.4) is 0 Å². The summed E-state index contributed by atoms with van der Waals surface area (Å²) in [6, 6.07) is 30.4. The van der Waals surface area contributed by atoms with Crippen molar-refractivity contribution in [2.45, 2.75) is 6.54 Å². The summed E-state index contributed by atoms with van der Waals surface area (Å²) < 4.78 is 1.73. The predicted molar refractivity (Wildman–Crippen MR) is 117 cm³/mol. The number of nitrogens with one attached hydrogen (secondary N) is 1.